The maximum atomic E-state index is 8.40. The Morgan fingerprint density at radius 3 is 2.44 bits per heavy atom. The second-order valence-corrected chi connectivity index (χ2v) is 1.39. The Labute approximate surface area is 58.5 Å². The molecule has 9 heavy (non-hydrogen) atoms. The standard InChI is InChI=1S/C3H5BN2O2.ClH/c7-4(8)3-1-2-5-6-3;/h1-2,7-8H,(H,5,6);1H. The number of hydrogen-bond acceptors (Lipinski definition) is 3. The highest BCUT2D eigenvalue weighted by molar-refractivity contribution is 6.57. The molecule has 0 saturated heterocycles. The van der Waals surface area contributed by atoms with Crippen LogP contribution in [0.5, 0.6) is 0 Å². The molecule has 4 nitrogen and oxygen atoms in total. The van der Waals surface area contributed by atoms with Gasteiger partial charge in [-0.3, -0.25) is 5.10 Å². The quantitative estimate of drug-likeness (QED) is 0.425. The molecule has 0 fully saturated rings. The van der Waals surface area contributed by atoms with Gasteiger partial charge in [-0.15, -0.1) is 12.4 Å². The van der Waals surface area contributed by atoms with Crippen LogP contribution in [0.1, 0.15) is 0 Å². The Morgan fingerprint density at radius 1 is 1.56 bits per heavy atom. The molecule has 0 aliphatic heterocycles. The van der Waals surface area contributed by atoms with Crippen LogP contribution < -0.4 is 5.59 Å². The van der Waals surface area contributed by atoms with Crippen molar-refractivity contribution in [1.29, 1.82) is 0 Å². The largest absolute Gasteiger partial charge is 0.507 e. The van der Waals surface area contributed by atoms with E-state index in [1.807, 2.05) is 0 Å². The predicted molar refractivity (Wildman–Crippen MR) is 35.7 cm³/mol. The fourth-order valence-corrected chi connectivity index (χ4v) is 0.410. The van der Waals surface area contributed by atoms with Gasteiger partial charge >= 0.3 is 7.12 Å². The zero-order chi connectivity index (χ0) is 5.98. The Balaban J connectivity index is 0.000000640. The molecule has 3 N–H and O–H groups in total. The average Bonchev–Trinajstić information content (AvgIpc) is 2.12. The van der Waals surface area contributed by atoms with Gasteiger partial charge in [0.05, 0.1) is 5.59 Å². The Morgan fingerprint density at radius 2 is 2.22 bits per heavy atom. The molecule has 0 aliphatic carbocycles. The van der Waals surface area contributed by atoms with Crippen molar-refractivity contribution in [3.63, 3.8) is 0 Å². The van der Waals surface area contributed by atoms with Crippen LogP contribution in [-0.2, 0) is 0 Å². The van der Waals surface area contributed by atoms with Gasteiger partial charge in [0, 0.05) is 6.20 Å². The molecule has 1 aromatic heterocycles. The molecule has 0 radical (unpaired) electrons. The van der Waals surface area contributed by atoms with E-state index < -0.39 is 7.12 Å². The van der Waals surface area contributed by atoms with Gasteiger partial charge in [-0.2, -0.15) is 5.10 Å². The van der Waals surface area contributed by atoms with Crippen molar-refractivity contribution in [2.75, 3.05) is 0 Å². The lowest BCUT2D eigenvalue weighted by atomic mass is 9.87. The summed E-state index contributed by atoms with van der Waals surface area (Å²) in [5.41, 5.74) is 0.310. The average molecular weight is 148 g/mol. The second-order valence-electron chi connectivity index (χ2n) is 1.39. The van der Waals surface area contributed by atoms with Crippen LogP contribution in [0.3, 0.4) is 0 Å². The summed E-state index contributed by atoms with van der Waals surface area (Å²) in [6.07, 6.45) is 1.45. The predicted octanol–water partition coefficient (Wildman–Crippen LogP) is -1.49. The summed E-state index contributed by atoms with van der Waals surface area (Å²) < 4.78 is 0. The summed E-state index contributed by atoms with van der Waals surface area (Å²) in [6.45, 7) is 0. The first kappa shape index (κ1) is 8.48. The number of nitrogens with zero attached hydrogens (tertiary/aromatic N) is 1. The molecule has 0 aromatic carbocycles. The monoisotopic (exact) mass is 148 g/mol. The molecule has 1 aromatic rings. The third-order valence-corrected chi connectivity index (χ3v) is 0.800. The van der Waals surface area contributed by atoms with Crippen LogP contribution in [0, 0.1) is 0 Å². The highest BCUT2D eigenvalue weighted by Crippen LogP contribution is 1.70. The van der Waals surface area contributed by atoms with E-state index in [0.29, 0.717) is 5.59 Å². The number of aromatic nitrogens is 2. The molecule has 0 unspecified atom stereocenters. The summed E-state index contributed by atoms with van der Waals surface area (Å²) >= 11 is 0. The summed E-state index contributed by atoms with van der Waals surface area (Å²) in [4.78, 5) is 0. The van der Waals surface area contributed by atoms with Gasteiger partial charge < -0.3 is 10.0 Å². The van der Waals surface area contributed by atoms with Crippen molar-refractivity contribution in [2.45, 2.75) is 0 Å². The van der Waals surface area contributed by atoms with Crippen LogP contribution in [0.15, 0.2) is 12.3 Å². The third-order valence-electron chi connectivity index (χ3n) is 0.800. The molecular formula is C3H6BClN2O2. The van der Waals surface area contributed by atoms with E-state index in [9.17, 15) is 0 Å². The number of halogens is 1. The lowest BCUT2D eigenvalue weighted by Gasteiger charge is -1.87. The highest BCUT2D eigenvalue weighted by Gasteiger charge is 2.10. The minimum Gasteiger partial charge on any atom is -0.422 e. The molecule has 0 saturated carbocycles. The molecule has 50 valence electrons. The van der Waals surface area contributed by atoms with Gasteiger partial charge in [-0.05, 0) is 6.07 Å². The van der Waals surface area contributed by atoms with Crippen molar-refractivity contribution < 1.29 is 10.0 Å². The maximum Gasteiger partial charge on any atom is 0.507 e. The first-order valence-corrected chi connectivity index (χ1v) is 2.16. The number of rotatable bonds is 1. The zero-order valence-electron chi connectivity index (χ0n) is 4.48. The fraction of sp³-hybridized carbons (Fsp3) is 0. The van der Waals surface area contributed by atoms with Crippen LogP contribution >= 0.6 is 12.4 Å². The third kappa shape index (κ3) is 2.05. The van der Waals surface area contributed by atoms with Crippen LogP contribution in [0.25, 0.3) is 0 Å². The van der Waals surface area contributed by atoms with Gasteiger partial charge in [0.25, 0.3) is 0 Å². The smallest absolute Gasteiger partial charge is 0.422 e. The van der Waals surface area contributed by atoms with Crippen molar-refractivity contribution in [1.82, 2.24) is 10.2 Å². The zero-order valence-corrected chi connectivity index (χ0v) is 5.30. The second kappa shape index (κ2) is 3.50. The van der Waals surface area contributed by atoms with E-state index in [1.54, 1.807) is 0 Å². The van der Waals surface area contributed by atoms with Gasteiger partial charge in [0.1, 0.15) is 0 Å². The van der Waals surface area contributed by atoms with E-state index in [2.05, 4.69) is 10.2 Å². The summed E-state index contributed by atoms with van der Waals surface area (Å²) in [5.74, 6) is 0. The molecule has 0 amide bonds. The first-order valence-electron chi connectivity index (χ1n) is 2.16. The Kier molecular flexibility index (Phi) is 3.30. The number of H-pyrrole nitrogens is 1. The van der Waals surface area contributed by atoms with E-state index in [0.717, 1.165) is 0 Å². The lowest BCUT2D eigenvalue weighted by molar-refractivity contribution is 0.424. The van der Waals surface area contributed by atoms with Crippen LogP contribution in [0.4, 0.5) is 0 Å². The summed E-state index contributed by atoms with van der Waals surface area (Å²) in [7, 11) is -1.43. The first-order chi connectivity index (χ1) is 3.80. The van der Waals surface area contributed by atoms with Crippen molar-refractivity contribution in [3.05, 3.63) is 12.3 Å². The topological polar surface area (TPSA) is 69.1 Å². The molecule has 0 aliphatic rings. The molecule has 1 rings (SSSR count). The minimum atomic E-state index is -1.43. The minimum absolute atomic E-state index is 0. The normalized spacial score (nSPS) is 8.22. The molecule has 0 spiro atoms. The van der Waals surface area contributed by atoms with E-state index in [1.165, 1.54) is 12.3 Å². The molecule has 0 bridgehead atoms. The van der Waals surface area contributed by atoms with Crippen LogP contribution in [-0.4, -0.2) is 27.4 Å². The van der Waals surface area contributed by atoms with Crippen molar-refractivity contribution in [2.24, 2.45) is 0 Å². The summed E-state index contributed by atoms with van der Waals surface area (Å²) in [6, 6.07) is 1.49. The summed E-state index contributed by atoms with van der Waals surface area (Å²) in [5, 5.41) is 22.7. The highest BCUT2D eigenvalue weighted by atomic mass is 35.5. The van der Waals surface area contributed by atoms with E-state index >= 15 is 0 Å². The van der Waals surface area contributed by atoms with E-state index in [4.69, 9.17) is 10.0 Å². The molecule has 6 heteroatoms. The van der Waals surface area contributed by atoms with Crippen molar-refractivity contribution >= 4 is 25.1 Å². The van der Waals surface area contributed by atoms with Gasteiger partial charge in [0.15, 0.2) is 0 Å². The van der Waals surface area contributed by atoms with Gasteiger partial charge in [0.2, 0.25) is 0 Å². The van der Waals surface area contributed by atoms with Crippen LogP contribution in [0.2, 0.25) is 0 Å². The Hall–Kier alpha value is -0.515. The number of aromatic amines is 1. The maximum absolute atomic E-state index is 8.40. The number of hydrogen-bond donors (Lipinski definition) is 3. The molecule has 0 atom stereocenters. The Bertz CT molecular complexity index is 155. The lowest BCUT2D eigenvalue weighted by Crippen LogP contribution is -2.30. The van der Waals surface area contributed by atoms with Crippen molar-refractivity contribution in [3.8, 4) is 0 Å². The van der Waals surface area contributed by atoms with Gasteiger partial charge in [-0.1, -0.05) is 0 Å². The SMILES string of the molecule is Cl.OB(O)c1ccn[nH]1. The number of nitrogens with one attached hydrogen (secondary N) is 1. The molecule has 1 heterocycles. The molecular weight excluding hydrogens is 142 g/mol. The van der Waals surface area contributed by atoms with E-state index in [-0.39, 0.29) is 12.4 Å². The van der Waals surface area contributed by atoms with Gasteiger partial charge in [-0.25, -0.2) is 0 Å². The fourth-order valence-electron chi connectivity index (χ4n) is 0.410.